The fourth-order valence-corrected chi connectivity index (χ4v) is 1.84. The molecule has 0 spiro atoms. The van der Waals surface area contributed by atoms with Crippen LogP contribution in [0.5, 0.6) is 5.75 Å². The first-order chi connectivity index (χ1) is 8.61. The molecule has 0 aliphatic carbocycles. The van der Waals surface area contributed by atoms with Gasteiger partial charge in [0.25, 0.3) is 0 Å². The molecule has 0 saturated heterocycles. The number of nitrogens with two attached hydrogens (primary N) is 1. The Labute approximate surface area is 106 Å². The van der Waals surface area contributed by atoms with Crippen LogP contribution in [0, 0.1) is 12.7 Å². The van der Waals surface area contributed by atoms with Gasteiger partial charge in [-0.15, -0.1) is 0 Å². The summed E-state index contributed by atoms with van der Waals surface area (Å²) in [7, 11) is 1.51. The van der Waals surface area contributed by atoms with E-state index in [0.29, 0.717) is 11.3 Å². The van der Waals surface area contributed by atoms with E-state index >= 15 is 0 Å². The number of hydrogen-bond acceptors (Lipinski definition) is 2. The van der Waals surface area contributed by atoms with Gasteiger partial charge in [-0.2, -0.15) is 0 Å². The highest BCUT2D eigenvalue weighted by atomic mass is 19.1. The summed E-state index contributed by atoms with van der Waals surface area (Å²) in [5.74, 6) is 0.148. The van der Waals surface area contributed by atoms with Crippen molar-refractivity contribution in [2.75, 3.05) is 7.11 Å². The van der Waals surface area contributed by atoms with Crippen molar-refractivity contribution < 1.29 is 9.13 Å². The molecule has 2 aromatic carbocycles. The average Bonchev–Trinajstić information content (AvgIpc) is 2.38. The van der Waals surface area contributed by atoms with Crippen LogP contribution in [-0.4, -0.2) is 7.11 Å². The minimum absolute atomic E-state index is 0.345. The Morgan fingerprint density at radius 1 is 1.11 bits per heavy atom. The van der Waals surface area contributed by atoms with Crippen LogP contribution in [0.4, 0.5) is 4.39 Å². The summed E-state index contributed by atoms with van der Waals surface area (Å²) in [5, 5.41) is 0. The molecule has 0 amide bonds. The van der Waals surface area contributed by atoms with E-state index in [1.54, 1.807) is 12.1 Å². The molecule has 94 valence electrons. The zero-order chi connectivity index (χ0) is 13.1. The summed E-state index contributed by atoms with van der Waals surface area (Å²) in [5.41, 5.74) is 8.60. The lowest BCUT2D eigenvalue weighted by molar-refractivity contribution is 0.410. The normalized spacial score (nSPS) is 12.2. The fraction of sp³-hybridized carbons (Fsp3) is 0.200. The van der Waals surface area contributed by atoms with Crippen molar-refractivity contribution in [2.45, 2.75) is 13.0 Å². The summed E-state index contributed by atoms with van der Waals surface area (Å²) in [6.07, 6.45) is 0. The highest BCUT2D eigenvalue weighted by molar-refractivity contribution is 5.37. The summed E-state index contributed by atoms with van der Waals surface area (Å²) >= 11 is 0. The maximum absolute atomic E-state index is 13.9. The van der Waals surface area contributed by atoms with Crippen LogP contribution in [0.2, 0.25) is 0 Å². The second-order valence-electron chi connectivity index (χ2n) is 4.28. The number of hydrogen-bond donors (Lipinski definition) is 1. The minimum Gasteiger partial charge on any atom is -0.497 e. The number of halogens is 1. The van der Waals surface area contributed by atoms with Gasteiger partial charge >= 0.3 is 0 Å². The maximum Gasteiger partial charge on any atom is 0.132 e. The summed E-state index contributed by atoms with van der Waals surface area (Å²) in [6.45, 7) is 2.00. The molecule has 0 aliphatic heterocycles. The Morgan fingerprint density at radius 2 is 1.78 bits per heavy atom. The second-order valence-corrected chi connectivity index (χ2v) is 4.28. The van der Waals surface area contributed by atoms with E-state index in [9.17, 15) is 4.39 Å². The number of ether oxygens (including phenoxy) is 1. The van der Waals surface area contributed by atoms with Gasteiger partial charge in [-0.25, -0.2) is 4.39 Å². The lowest BCUT2D eigenvalue weighted by Gasteiger charge is -2.14. The molecule has 0 fully saturated rings. The zero-order valence-electron chi connectivity index (χ0n) is 10.5. The molecule has 0 aromatic heterocycles. The van der Waals surface area contributed by atoms with E-state index in [0.717, 1.165) is 11.1 Å². The Balaban J connectivity index is 2.33. The minimum atomic E-state index is -0.462. The molecule has 0 radical (unpaired) electrons. The molecular formula is C15H16FNO. The van der Waals surface area contributed by atoms with E-state index in [1.807, 2.05) is 31.2 Å². The van der Waals surface area contributed by atoms with E-state index < -0.39 is 6.04 Å². The molecule has 2 rings (SSSR count). The largest absolute Gasteiger partial charge is 0.497 e. The monoisotopic (exact) mass is 245 g/mol. The van der Waals surface area contributed by atoms with Crippen LogP contribution >= 0.6 is 0 Å². The summed E-state index contributed by atoms with van der Waals surface area (Å²) in [6, 6.07) is 12.0. The molecule has 2 aromatic rings. The maximum atomic E-state index is 13.9. The number of rotatable bonds is 3. The van der Waals surface area contributed by atoms with Crippen molar-refractivity contribution in [3.05, 3.63) is 65.0 Å². The van der Waals surface area contributed by atoms with Crippen molar-refractivity contribution in [1.82, 2.24) is 0 Å². The molecule has 1 atom stereocenters. The molecule has 2 N–H and O–H groups in total. The van der Waals surface area contributed by atoms with Crippen molar-refractivity contribution in [1.29, 1.82) is 0 Å². The number of benzene rings is 2. The average molecular weight is 245 g/mol. The highest BCUT2D eigenvalue weighted by Crippen LogP contribution is 2.25. The fourth-order valence-electron chi connectivity index (χ4n) is 1.84. The quantitative estimate of drug-likeness (QED) is 0.901. The van der Waals surface area contributed by atoms with Gasteiger partial charge in [-0.05, 0) is 18.6 Å². The van der Waals surface area contributed by atoms with E-state index in [2.05, 4.69) is 0 Å². The van der Waals surface area contributed by atoms with Gasteiger partial charge in [0.05, 0.1) is 13.2 Å². The van der Waals surface area contributed by atoms with Gasteiger partial charge < -0.3 is 10.5 Å². The van der Waals surface area contributed by atoms with Gasteiger partial charge in [0.1, 0.15) is 11.6 Å². The third-order valence-corrected chi connectivity index (χ3v) is 2.98. The number of aryl methyl sites for hydroxylation is 1. The van der Waals surface area contributed by atoms with Crippen molar-refractivity contribution >= 4 is 0 Å². The first-order valence-corrected chi connectivity index (χ1v) is 5.77. The molecule has 0 heterocycles. The Bertz CT molecular complexity index is 537. The van der Waals surface area contributed by atoms with Crippen LogP contribution in [0.25, 0.3) is 0 Å². The summed E-state index contributed by atoms with van der Waals surface area (Å²) < 4.78 is 18.9. The van der Waals surface area contributed by atoms with Crippen molar-refractivity contribution in [3.63, 3.8) is 0 Å². The Kier molecular flexibility index (Phi) is 3.63. The van der Waals surface area contributed by atoms with Crippen LogP contribution in [0.3, 0.4) is 0 Å². The van der Waals surface area contributed by atoms with Gasteiger partial charge in [0.15, 0.2) is 0 Å². The zero-order valence-corrected chi connectivity index (χ0v) is 10.5. The molecule has 0 aliphatic rings. The molecule has 0 bridgehead atoms. The van der Waals surface area contributed by atoms with Gasteiger partial charge in [-0.3, -0.25) is 0 Å². The number of methoxy groups -OCH3 is 1. The smallest absolute Gasteiger partial charge is 0.132 e. The lowest BCUT2D eigenvalue weighted by Crippen LogP contribution is -2.13. The van der Waals surface area contributed by atoms with Crippen LogP contribution in [-0.2, 0) is 0 Å². The third kappa shape index (κ3) is 2.51. The lowest BCUT2D eigenvalue weighted by atomic mass is 9.98. The predicted molar refractivity (Wildman–Crippen MR) is 70.2 cm³/mol. The topological polar surface area (TPSA) is 35.2 Å². The first kappa shape index (κ1) is 12.6. The SMILES string of the molecule is COc1ccc(C(N)c2ccc(C)cc2)c(F)c1. The van der Waals surface area contributed by atoms with Crippen molar-refractivity contribution in [2.24, 2.45) is 5.73 Å². The highest BCUT2D eigenvalue weighted by Gasteiger charge is 2.14. The molecular weight excluding hydrogens is 229 g/mol. The van der Waals surface area contributed by atoms with Crippen LogP contribution < -0.4 is 10.5 Å². The van der Waals surface area contributed by atoms with Gasteiger partial charge in [0, 0.05) is 11.6 Å². The predicted octanol–water partition coefficient (Wildman–Crippen LogP) is 3.19. The first-order valence-electron chi connectivity index (χ1n) is 5.77. The van der Waals surface area contributed by atoms with Gasteiger partial charge in [-0.1, -0.05) is 35.9 Å². The molecule has 2 nitrogen and oxygen atoms in total. The van der Waals surface area contributed by atoms with E-state index in [1.165, 1.54) is 13.2 Å². The van der Waals surface area contributed by atoms with Gasteiger partial charge in [0.2, 0.25) is 0 Å². The molecule has 18 heavy (non-hydrogen) atoms. The Morgan fingerprint density at radius 3 is 2.33 bits per heavy atom. The van der Waals surface area contributed by atoms with E-state index in [-0.39, 0.29) is 5.82 Å². The Hall–Kier alpha value is -1.87. The molecule has 0 saturated carbocycles. The third-order valence-electron chi connectivity index (χ3n) is 2.98. The second kappa shape index (κ2) is 5.19. The van der Waals surface area contributed by atoms with Crippen molar-refractivity contribution in [3.8, 4) is 5.75 Å². The van der Waals surface area contributed by atoms with Crippen LogP contribution in [0.1, 0.15) is 22.7 Å². The van der Waals surface area contributed by atoms with Crippen LogP contribution in [0.15, 0.2) is 42.5 Å². The summed E-state index contributed by atoms with van der Waals surface area (Å²) in [4.78, 5) is 0. The molecule has 3 heteroatoms. The standard InChI is InChI=1S/C15H16FNO/c1-10-3-5-11(6-4-10)15(17)13-8-7-12(18-2)9-14(13)16/h3-9,15H,17H2,1-2H3. The van der Waals surface area contributed by atoms with E-state index in [4.69, 9.17) is 10.5 Å². The molecule has 1 unspecified atom stereocenters.